The van der Waals surface area contributed by atoms with E-state index in [1.807, 2.05) is 6.07 Å². The fourth-order valence-electron chi connectivity index (χ4n) is 1.96. The van der Waals surface area contributed by atoms with Gasteiger partial charge >= 0.3 is 0 Å². The van der Waals surface area contributed by atoms with Gasteiger partial charge in [-0.25, -0.2) is 0 Å². The predicted octanol–water partition coefficient (Wildman–Crippen LogP) is 2.11. The number of anilines is 1. The number of methoxy groups -OCH3 is 1. The Kier molecular flexibility index (Phi) is 6.67. The summed E-state index contributed by atoms with van der Waals surface area (Å²) >= 11 is 0. The number of hydrogen-bond acceptors (Lipinski definition) is 4. The maximum atomic E-state index is 12.2. The molecule has 2 N–H and O–H groups in total. The number of para-hydroxylation sites is 1. The third-order valence-corrected chi connectivity index (χ3v) is 3.11. The second kappa shape index (κ2) is 9.22. The predicted molar refractivity (Wildman–Crippen MR) is 92.6 cm³/mol. The number of ether oxygens (including phenoxy) is 1. The molecule has 24 heavy (non-hydrogen) atoms. The molecule has 0 aliphatic heterocycles. The lowest BCUT2D eigenvalue weighted by Gasteiger charge is -2.10. The van der Waals surface area contributed by atoms with Crippen LogP contribution in [0.2, 0.25) is 0 Å². The van der Waals surface area contributed by atoms with Crippen molar-refractivity contribution in [2.75, 3.05) is 25.6 Å². The molecule has 0 atom stereocenters. The number of aromatic nitrogens is 1. The number of nitrogens with one attached hydrogen (secondary N) is 2. The molecule has 1 heterocycles. The Hall–Kier alpha value is -2.99. The Balaban J connectivity index is 2.02. The highest BCUT2D eigenvalue weighted by molar-refractivity contribution is 6.07. The van der Waals surface area contributed by atoms with Crippen LogP contribution in [0, 0.1) is 0 Å². The molecule has 0 bridgehead atoms. The van der Waals surface area contributed by atoms with Gasteiger partial charge in [0.15, 0.2) is 0 Å². The van der Waals surface area contributed by atoms with Crippen molar-refractivity contribution in [2.45, 2.75) is 0 Å². The maximum Gasteiger partial charge on any atom is 0.253 e. The van der Waals surface area contributed by atoms with Gasteiger partial charge in [0.05, 0.1) is 23.6 Å². The lowest BCUT2D eigenvalue weighted by atomic mass is 10.1. The maximum absolute atomic E-state index is 12.2. The normalized spacial score (nSPS) is 10.5. The number of amides is 2. The molecule has 6 heteroatoms. The summed E-state index contributed by atoms with van der Waals surface area (Å²) in [5.74, 6) is -0.602. The van der Waals surface area contributed by atoms with Crippen LogP contribution in [0.4, 0.5) is 5.69 Å². The Labute approximate surface area is 140 Å². The molecule has 0 saturated heterocycles. The lowest BCUT2D eigenvalue weighted by Crippen LogP contribution is -2.28. The Morgan fingerprint density at radius 2 is 1.96 bits per heavy atom. The molecule has 0 unspecified atom stereocenters. The summed E-state index contributed by atoms with van der Waals surface area (Å²) in [6.07, 6.45) is 4.63. The van der Waals surface area contributed by atoms with Crippen LogP contribution in [0.25, 0.3) is 6.08 Å². The van der Waals surface area contributed by atoms with Crippen molar-refractivity contribution in [1.29, 1.82) is 0 Å². The Bertz CT molecular complexity index is 714. The molecule has 0 radical (unpaired) electrons. The number of pyridine rings is 1. The van der Waals surface area contributed by atoms with Crippen LogP contribution in [0.5, 0.6) is 0 Å². The molecule has 0 spiro atoms. The monoisotopic (exact) mass is 325 g/mol. The molecule has 1 aromatic carbocycles. The number of rotatable bonds is 7. The number of hydrogen-bond donors (Lipinski definition) is 2. The van der Waals surface area contributed by atoms with Crippen LogP contribution in [0.3, 0.4) is 0 Å². The topological polar surface area (TPSA) is 80.3 Å². The molecule has 1 aromatic heterocycles. The standard InChI is InChI=1S/C18H19N3O3/c1-24-13-12-20-18(23)15-7-2-3-8-16(15)21-17(22)10-9-14-6-4-5-11-19-14/h2-11H,12-13H2,1H3,(H,20,23)(H,21,22)/b10-9+. The summed E-state index contributed by atoms with van der Waals surface area (Å²) in [6.45, 7) is 0.824. The highest BCUT2D eigenvalue weighted by atomic mass is 16.5. The van der Waals surface area contributed by atoms with Gasteiger partial charge in [-0.15, -0.1) is 0 Å². The Morgan fingerprint density at radius 3 is 2.71 bits per heavy atom. The van der Waals surface area contributed by atoms with E-state index in [4.69, 9.17) is 4.74 Å². The lowest BCUT2D eigenvalue weighted by molar-refractivity contribution is -0.111. The van der Waals surface area contributed by atoms with Crippen LogP contribution < -0.4 is 10.6 Å². The highest BCUT2D eigenvalue weighted by Gasteiger charge is 2.11. The number of benzene rings is 1. The summed E-state index contributed by atoms with van der Waals surface area (Å²) < 4.78 is 4.90. The van der Waals surface area contributed by atoms with Crippen LogP contribution in [-0.4, -0.2) is 37.1 Å². The third-order valence-electron chi connectivity index (χ3n) is 3.11. The molecular formula is C18H19N3O3. The van der Waals surface area contributed by atoms with E-state index in [1.165, 1.54) is 6.08 Å². The van der Waals surface area contributed by atoms with Gasteiger partial charge in [-0.2, -0.15) is 0 Å². The first-order valence-corrected chi connectivity index (χ1v) is 7.47. The molecule has 0 aliphatic rings. The molecule has 2 rings (SSSR count). The van der Waals surface area contributed by atoms with Crippen LogP contribution in [-0.2, 0) is 9.53 Å². The first kappa shape index (κ1) is 17.4. The zero-order valence-electron chi connectivity index (χ0n) is 13.4. The fourth-order valence-corrected chi connectivity index (χ4v) is 1.96. The molecule has 0 aliphatic carbocycles. The first-order chi connectivity index (χ1) is 11.7. The number of nitrogens with zero attached hydrogens (tertiary/aromatic N) is 1. The minimum atomic E-state index is -0.335. The smallest absolute Gasteiger partial charge is 0.253 e. The van der Waals surface area contributed by atoms with Crippen molar-refractivity contribution in [1.82, 2.24) is 10.3 Å². The van der Waals surface area contributed by atoms with Gasteiger partial charge in [-0.1, -0.05) is 18.2 Å². The van der Waals surface area contributed by atoms with E-state index >= 15 is 0 Å². The van der Waals surface area contributed by atoms with Gasteiger partial charge in [0.1, 0.15) is 0 Å². The average molecular weight is 325 g/mol. The van der Waals surface area contributed by atoms with Crippen LogP contribution in [0.1, 0.15) is 16.1 Å². The van der Waals surface area contributed by atoms with Crippen molar-refractivity contribution >= 4 is 23.6 Å². The van der Waals surface area contributed by atoms with Gasteiger partial charge in [0, 0.05) is 25.9 Å². The summed E-state index contributed by atoms with van der Waals surface area (Å²) in [4.78, 5) is 28.3. The van der Waals surface area contributed by atoms with Crippen molar-refractivity contribution in [3.8, 4) is 0 Å². The zero-order valence-corrected chi connectivity index (χ0v) is 13.4. The summed E-state index contributed by atoms with van der Waals surface area (Å²) in [5, 5.41) is 5.43. The van der Waals surface area contributed by atoms with E-state index in [2.05, 4.69) is 15.6 Å². The third kappa shape index (κ3) is 5.33. The first-order valence-electron chi connectivity index (χ1n) is 7.47. The van der Waals surface area contributed by atoms with E-state index in [-0.39, 0.29) is 11.8 Å². The van der Waals surface area contributed by atoms with Gasteiger partial charge in [0.25, 0.3) is 5.91 Å². The van der Waals surface area contributed by atoms with Crippen LogP contribution in [0.15, 0.2) is 54.7 Å². The summed E-state index contributed by atoms with van der Waals surface area (Å²) in [6, 6.07) is 12.3. The van der Waals surface area contributed by atoms with E-state index in [0.717, 1.165) is 0 Å². The minimum absolute atomic E-state index is 0.267. The molecular weight excluding hydrogens is 306 g/mol. The Morgan fingerprint density at radius 1 is 1.17 bits per heavy atom. The average Bonchev–Trinajstić information content (AvgIpc) is 2.61. The van der Waals surface area contributed by atoms with E-state index in [1.54, 1.807) is 55.8 Å². The molecule has 2 amide bonds. The van der Waals surface area contributed by atoms with Gasteiger partial charge in [-0.3, -0.25) is 14.6 Å². The quantitative estimate of drug-likeness (QED) is 0.603. The largest absolute Gasteiger partial charge is 0.383 e. The summed E-state index contributed by atoms with van der Waals surface area (Å²) in [5.41, 5.74) is 1.52. The zero-order chi connectivity index (χ0) is 17.2. The molecule has 0 saturated carbocycles. The van der Waals surface area contributed by atoms with Crippen molar-refractivity contribution < 1.29 is 14.3 Å². The van der Waals surface area contributed by atoms with Gasteiger partial charge < -0.3 is 15.4 Å². The fraction of sp³-hybridized carbons (Fsp3) is 0.167. The van der Waals surface area contributed by atoms with Crippen molar-refractivity contribution in [3.05, 3.63) is 66.0 Å². The second-order valence-electron chi connectivity index (χ2n) is 4.87. The highest BCUT2D eigenvalue weighted by Crippen LogP contribution is 2.15. The van der Waals surface area contributed by atoms with Gasteiger partial charge in [0.2, 0.25) is 5.91 Å². The minimum Gasteiger partial charge on any atom is -0.383 e. The summed E-state index contributed by atoms with van der Waals surface area (Å²) in [7, 11) is 1.56. The van der Waals surface area contributed by atoms with E-state index in [0.29, 0.717) is 30.1 Å². The molecule has 6 nitrogen and oxygen atoms in total. The van der Waals surface area contributed by atoms with Crippen LogP contribution >= 0.6 is 0 Å². The van der Waals surface area contributed by atoms with E-state index in [9.17, 15) is 9.59 Å². The molecule has 2 aromatic rings. The van der Waals surface area contributed by atoms with E-state index < -0.39 is 0 Å². The number of carbonyl (C=O) groups is 2. The molecule has 0 fully saturated rings. The SMILES string of the molecule is COCCNC(=O)c1ccccc1NC(=O)/C=C/c1ccccn1. The van der Waals surface area contributed by atoms with Crippen molar-refractivity contribution in [2.24, 2.45) is 0 Å². The molecule has 124 valence electrons. The van der Waals surface area contributed by atoms with Gasteiger partial charge in [-0.05, 0) is 30.3 Å². The second-order valence-corrected chi connectivity index (χ2v) is 4.87. The van der Waals surface area contributed by atoms with Crippen molar-refractivity contribution in [3.63, 3.8) is 0 Å². The number of carbonyl (C=O) groups excluding carboxylic acids is 2.